The molecule has 0 fully saturated rings. The highest BCUT2D eigenvalue weighted by Gasteiger charge is 2.17. The summed E-state index contributed by atoms with van der Waals surface area (Å²) in [6.07, 6.45) is 0.429. The van der Waals surface area contributed by atoms with E-state index in [1.807, 2.05) is 6.07 Å². The molecule has 102 valence electrons. The first kappa shape index (κ1) is 13.6. The Labute approximate surface area is 109 Å². The van der Waals surface area contributed by atoms with Gasteiger partial charge in [-0.1, -0.05) is 6.07 Å². The number of aliphatic hydroxyl groups excluding tert-OH is 1. The largest absolute Gasteiger partial charge is 0.387 e. The van der Waals surface area contributed by atoms with Crippen LogP contribution in [0.15, 0.2) is 30.5 Å². The van der Waals surface area contributed by atoms with E-state index in [0.29, 0.717) is 6.54 Å². The molecule has 0 amide bonds. The summed E-state index contributed by atoms with van der Waals surface area (Å²) in [7, 11) is 1.80. The lowest BCUT2D eigenvalue weighted by molar-refractivity contribution is 0.164. The molecule has 1 aromatic heterocycles. The van der Waals surface area contributed by atoms with Crippen LogP contribution >= 0.6 is 0 Å². The number of hydrogen-bond donors (Lipinski definition) is 2. The van der Waals surface area contributed by atoms with Gasteiger partial charge in [0.15, 0.2) is 0 Å². The first-order valence-corrected chi connectivity index (χ1v) is 5.89. The van der Waals surface area contributed by atoms with Gasteiger partial charge >= 0.3 is 0 Å². The molecule has 4 nitrogen and oxygen atoms in total. The molecule has 1 atom stereocenters. The summed E-state index contributed by atoms with van der Waals surface area (Å²) in [6.45, 7) is 0.521. The maximum atomic E-state index is 13.4. The van der Waals surface area contributed by atoms with E-state index in [4.69, 9.17) is 0 Å². The van der Waals surface area contributed by atoms with Crippen LogP contribution in [0.2, 0.25) is 0 Å². The minimum Gasteiger partial charge on any atom is -0.387 e. The topological polar surface area (TPSA) is 50.1 Å². The Morgan fingerprint density at radius 2 is 2.00 bits per heavy atom. The standard InChI is InChI=1S/C13H15F2N3O/c1-18-9(5-6-17-18)7-16-8-12(19)13-10(14)3-2-4-11(13)15/h2-6,12,16,19H,7-8H2,1H3. The highest BCUT2D eigenvalue weighted by molar-refractivity contribution is 5.22. The van der Waals surface area contributed by atoms with Crippen LogP contribution in [-0.2, 0) is 13.6 Å². The van der Waals surface area contributed by atoms with Gasteiger partial charge in [-0.05, 0) is 18.2 Å². The fraction of sp³-hybridized carbons (Fsp3) is 0.308. The number of aryl methyl sites for hydroxylation is 1. The second-order valence-electron chi connectivity index (χ2n) is 4.23. The molecule has 0 aliphatic rings. The Balaban J connectivity index is 1.95. The van der Waals surface area contributed by atoms with Crippen LogP contribution < -0.4 is 5.32 Å². The third kappa shape index (κ3) is 3.15. The molecule has 1 aromatic carbocycles. The summed E-state index contributed by atoms with van der Waals surface area (Å²) < 4.78 is 28.5. The van der Waals surface area contributed by atoms with Crippen LogP contribution in [0.4, 0.5) is 8.78 Å². The van der Waals surface area contributed by atoms with Crippen molar-refractivity contribution in [2.45, 2.75) is 12.6 Å². The van der Waals surface area contributed by atoms with Crippen LogP contribution in [0.25, 0.3) is 0 Å². The van der Waals surface area contributed by atoms with Crippen LogP contribution in [-0.4, -0.2) is 21.4 Å². The van der Waals surface area contributed by atoms with E-state index in [-0.39, 0.29) is 12.1 Å². The van der Waals surface area contributed by atoms with Gasteiger partial charge in [0.05, 0.1) is 17.4 Å². The molecular formula is C13H15F2N3O. The molecule has 6 heteroatoms. The van der Waals surface area contributed by atoms with Crippen LogP contribution in [0.3, 0.4) is 0 Å². The van der Waals surface area contributed by atoms with E-state index in [2.05, 4.69) is 10.4 Å². The third-order valence-electron chi connectivity index (χ3n) is 2.90. The SMILES string of the molecule is Cn1nccc1CNCC(O)c1c(F)cccc1F. The van der Waals surface area contributed by atoms with Gasteiger partial charge in [-0.2, -0.15) is 5.10 Å². The fourth-order valence-electron chi connectivity index (χ4n) is 1.84. The van der Waals surface area contributed by atoms with Crippen LogP contribution in [0, 0.1) is 11.6 Å². The minimum atomic E-state index is -1.23. The molecule has 2 rings (SSSR count). The molecule has 1 unspecified atom stereocenters. The fourth-order valence-corrected chi connectivity index (χ4v) is 1.84. The maximum absolute atomic E-state index is 13.4. The number of halogens is 2. The molecule has 0 aliphatic carbocycles. The zero-order chi connectivity index (χ0) is 13.8. The van der Waals surface area contributed by atoms with Crippen molar-refractivity contribution in [3.63, 3.8) is 0 Å². The van der Waals surface area contributed by atoms with Gasteiger partial charge in [0.25, 0.3) is 0 Å². The lowest BCUT2D eigenvalue weighted by Crippen LogP contribution is -2.23. The number of rotatable bonds is 5. The van der Waals surface area contributed by atoms with Crippen molar-refractivity contribution in [3.8, 4) is 0 Å². The maximum Gasteiger partial charge on any atom is 0.131 e. The predicted molar refractivity (Wildman–Crippen MR) is 66.2 cm³/mol. The molecule has 2 aromatic rings. The van der Waals surface area contributed by atoms with Crippen LogP contribution in [0.5, 0.6) is 0 Å². The molecule has 19 heavy (non-hydrogen) atoms. The van der Waals surface area contributed by atoms with Gasteiger partial charge in [-0.15, -0.1) is 0 Å². The van der Waals surface area contributed by atoms with E-state index >= 15 is 0 Å². The summed E-state index contributed by atoms with van der Waals surface area (Å²) >= 11 is 0. The molecular weight excluding hydrogens is 252 g/mol. The number of aliphatic hydroxyl groups is 1. The summed E-state index contributed by atoms with van der Waals surface area (Å²) in [5.41, 5.74) is 0.612. The van der Waals surface area contributed by atoms with E-state index < -0.39 is 17.7 Å². The van der Waals surface area contributed by atoms with Crippen molar-refractivity contribution in [2.24, 2.45) is 7.05 Å². The minimum absolute atomic E-state index is 0.0586. The number of nitrogens with one attached hydrogen (secondary N) is 1. The summed E-state index contributed by atoms with van der Waals surface area (Å²) in [5, 5.41) is 16.7. The second-order valence-corrected chi connectivity index (χ2v) is 4.23. The average Bonchev–Trinajstić information content (AvgIpc) is 2.75. The van der Waals surface area contributed by atoms with Crippen molar-refractivity contribution in [3.05, 3.63) is 53.4 Å². The lowest BCUT2D eigenvalue weighted by atomic mass is 10.1. The molecule has 0 spiro atoms. The summed E-state index contributed by atoms with van der Waals surface area (Å²) in [6, 6.07) is 5.35. The smallest absolute Gasteiger partial charge is 0.131 e. The quantitative estimate of drug-likeness (QED) is 0.863. The molecule has 0 radical (unpaired) electrons. The first-order valence-electron chi connectivity index (χ1n) is 5.89. The van der Waals surface area contributed by atoms with E-state index in [0.717, 1.165) is 17.8 Å². The Bertz CT molecular complexity index is 536. The highest BCUT2D eigenvalue weighted by atomic mass is 19.1. The van der Waals surface area contributed by atoms with Gasteiger partial charge in [0, 0.05) is 26.3 Å². The average molecular weight is 267 g/mol. The van der Waals surface area contributed by atoms with Gasteiger partial charge in [0.2, 0.25) is 0 Å². The van der Waals surface area contributed by atoms with Crippen LogP contribution in [0.1, 0.15) is 17.4 Å². The van der Waals surface area contributed by atoms with Crippen molar-refractivity contribution >= 4 is 0 Å². The van der Waals surface area contributed by atoms with Crippen molar-refractivity contribution < 1.29 is 13.9 Å². The first-order chi connectivity index (χ1) is 9.09. The third-order valence-corrected chi connectivity index (χ3v) is 2.90. The van der Waals surface area contributed by atoms with E-state index in [1.165, 1.54) is 6.07 Å². The highest BCUT2D eigenvalue weighted by Crippen LogP contribution is 2.19. The molecule has 0 bridgehead atoms. The number of nitrogens with zero attached hydrogens (tertiary/aromatic N) is 2. The van der Waals surface area contributed by atoms with Gasteiger partial charge in [0.1, 0.15) is 11.6 Å². The predicted octanol–water partition coefficient (Wildman–Crippen LogP) is 1.52. The van der Waals surface area contributed by atoms with Crippen molar-refractivity contribution in [1.29, 1.82) is 0 Å². The molecule has 0 saturated heterocycles. The molecule has 0 saturated carbocycles. The molecule has 1 heterocycles. The number of benzene rings is 1. The van der Waals surface area contributed by atoms with Gasteiger partial charge < -0.3 is 10.4 Å². The second kappa shape index (κ2) is 5.90. The Hall–Kier alpha value is -1.79. The Kier molecular flexibility index (Phi) is 4.24. The Morgan fingerprint density at radius 1 is 1.32 bits per heavy atom. The van der Waals surface area contributed by atoms with Gasteiger partial charge in [-0.3, -0.25) is 4.68 Å². The monoisotopic (exact) mass is 267 g/mol. The van der Waals surface area contributed by atoms with Crippen molar-refractivity contribution in [1.82, 2.24) is 15.1 Å². The molecule has 0 aliphatic heterocycles. The zero-order valence-electron chi connectivity index (χ0n) is 10.5. The zero-order valence-corrected chi connectivity index (χ0v) is 10.5. The van der Waals surface area contributed by atoms with E-state index in [9.17, 15) is 13.9 Å². The number of hydrogen-bond acceptors (Lipinski definition) is 3. The Morgan fingerprint density at radius 3 is 2.58 bits per heavy atom. The summed E-state index contributed by atoms with van der Waals surface area (Å²) in [4.78, 5) is 0. The van der Waals surface area contributed by atoms with Gasteiger partial charge in [-0.25, -0.2) is 8.78 Å². The van der Waals surface area contributed by atoms with Crippen molar-refractivity contribution in [2.75, 3.05) is 6.54 Å². The molecule has 2 N–H and O–H groups in total. The normalized spacial score (nSPS) is 12.6. The summed E-state index contributed by atoms with van der Waals surface area (Å²) in [5.74, 6) is -1.48. The van der Waals surface area contributed by atoms with E-state index in [1.54, 1.807) is 17.9 Å². The number of aromatic nitrogens is 2. The lowest BCUT2D eigenvalue weighted by Gasteiger charge is -2.13.